The Morgan fingerprint density at radius 1 is 1.42 bits per heavy atom. The molecule has 1 aliphatic rings. The SMILES string of the molecule is O=C(O)CC1(NC(=O)NCCn2ccnc2)CCC1. The van der Waals surface area contributed by atoms with Crippen molar-refractivity contribution in [3.8, 4) is 0 Å². The van der Waals surface area contributed by atoms with Gasteiger partial charge in [0, 0.05) is 25.5 Å². The molecule has 0 unspecified atom stereocenters. The normalized spacial score (nSPS) is 16.4. The van der Waals surface area contributed by atoms with Crippen LogP contribution in [0.5, 0.6) is 0 Å². The monoisotopic (exact) mass is 266 g/mol. The number of aliphatic carboxylic acids is 1. The van der Waals surface area contributed by atoms with Gasteiger partial charge < -0.3 is 20.3 Å². The summed E-state index contributed by atoms with van der Waals surface area (Å²) in [5.74, 6) is -0.876. The molecule has 104 valence electrons. The van der Waals surface area contributed by atoms with Crippen molar-refractivity contribution in [3.05, 3.63) is 18.7 Å². The standard InChI is InChI=1S/C12H18N4O3/c17-10(18)8-12(2-1-3-12)15-11(19)14-5-7-16-6-4-13-9-16/h4,6,9H,1-3,5,7-8H2,(H,17,18)(H2,14,15,19). The van der Waals surface area contributed by atoms with Gasteiger partial charge in [-0.3, -0.25) is 4.79 Å². The van der Waals surface area contributed by atoms with Gasteiger partial charge in [-0.05, 0) is 19.3 Å². The third kappa shape index (κ3) is 3.70. The molecule has 0 aromatic carbocycles. The minimum Gasteiger partial charge on any atom is -0.481 e. The second kappa shape index (κ2) is 5.73. The van der Waals surface area contributed by atoms with E-state index in [1.165, 1.54) is 0 Å². The van der Waals surface area contributed by atoms with Crippen LogP contribution in [0.4, 0.5) is 4.79 Å². The molecule has 1 saturated carbocycles. The summed E-state index contributed by atoms with van der Waals surface area (Å²) in [5.41, 5.74) is -0.551. The molecule has 1 aromatic rings. The number of rotatable bonds is 6. The number of carboxylic acid groups (broad SMARTS) is 1. The molecule has 3 N–H and O–H groups in total. The highest BCUT2D eigenvalue weighted by Gasteiger charge is 2.40. The smallest absolute Gasteiger partial charge is 0.315 e. The summed E-state index contributed by atoms with van der Waals surface area (Å²) in [6, 6.07) is -0.305. The first-order valence-electron chi connectivity index (χ1n) is 6.33. The van der Waals surface area contributed by atoms with Crippen LogP contribution in [0, 0.1) is 0 Å². The van der Waals surface area contributed by atoms with Crippen LogP contribution >= 0.6 is 0 Å². The molecule has 19 heavy (non-hydrogen) atoms. The number of carboxylic acids is 1. The average molecular weight is 266 g/mol. The largest absolute Gasteiger partial charge is 0.481 e. The lowest BCUT2D eigenvalue weighted by Gasteiger charge is -2.41. The summed E-state index contributed by atoms with van der Waals surface area (Å²) in [5, 5.41) is 14.4. The molecule has 0 bridgehead atoms. The molecule has 0 aliphatic heterocycles. The van der Waals surface area contributed by atoms with Gasteiger partial charge in [0.25, 0.3) is 0 Å². The third-order valence-electron chi connectivity index (χ3n) is 3.39. The van der Waals surface area contributed by atoms with E-state index < -0.39 is 11.5 Å². The lowest BCUT2D eigenvalue weighted by Crippen LogP contribution is -2.57. The van der Waals surface area contributed by atoms with Gasteiger partial charge in [0.15, 0.2) is 0 Å². The molecule has 7 heteroatoms. The molecule has 0 spiro atoms. The summed E-state index contributed by atoms with van der Waals surface area (Å²) in [4.78, 5) is 26.4. The van der Waals surface area contributed by atoms with E-state index in [1.54, 1.807) is 12.5 Å². The highest BCUT2D eigenvalue weighted by Crippen LogP contribution is 2.34. The molecule has 7 nitrogen and oxygen atoms in total. The molecular formula is C12H18N4O3. The Kier molecular flexibility index (Phi) is 4.03. The summed E-state index contributed by atoms with van der Waals surface area (Å²) in [6.45, 7) is 1.12. The number of nitrogens with zero attached hydrogens (tertiary/aromatic N) is 2. The average Bonchev–Trinajstić information content (AvgIpc) is 2.78. The van der Waals surface area contributed by atoms with Crippen molar-refractivity contribution in [1.82, 2.24) is 20.2 Å². The minimum atomic E-state index is -0.876. The third-order valence-corrected chi connectivity index (χ3v) is 3.39. The molecule has 1 aromatic heterocycles. The maximum absolute atomic E-state index is 11.7. The van der Waals surface area contributed by atoms with Gasteiger partial charge in [0.1, 0.15) is 0 Å². The van der Waals surface area contributed by atoms with Crippen LogP contribution in [0.15, 0.2) is 18.7 Å². The molecule has 1 aliphatic carbocycles. The van der Waals surface area contributed by atoms with Gasteiger partial charge in [-0.15, -0.1) is 0 Å². The van der Waals surface area contributed by atoms with Crippen molar-refractivity contribution >= 4 is 12.0 Å². The van der Waals surface area contributed by atoms with Gasteiger partial charge in [0.2, 0.25) is 0 Å². The molecule has 0 radical (unpaired) electrons. The molecule has 0 saturated heterocycles. The van der Waals surface area contributed by atoms with E-state index in [-0.39, 0.29) is 12.5 Å². The Morgan fingerprint density at radius 3 is 2.74 bits per heavy atom. The fraction of sp³-hybridized carbons (Fsp3) is 0.583. The molecule has 2 rings (SSSR count). The van der Waals surface area contributed by atoms with E-state index in [4.69, 9.17) is 5.11 Å². The van der Waals surface area contributed by atoms with E-state index in [1.807, 2.05) is 10.8 Å². The maximum atomic E-state index is 11.7. The van der Waals surface area contributed by atoms with Gasteiger partial charge in [-0.25, -0.2) is 9.78 Å². The topological polar surface area (TPSA) is 96.3 Å². The van der Waals surface area contributed by atoms with Crippen LogP contribution in [0.1, 0.15) is 25.7 Å². The van der Waals surface area contributed by atoms with E-state index in [0.29, 0.717) is 13.1 Å². The lowest BCUT2D eigenvalue weighted by molar-refractivity contribution is -0.139. The Hall–Kier alpha value is -2.05. The number of aromatic nitrogens is 2. The van der Waals surface area contributed by atoms with Crippen molar-refractivity contribution in [1.29, 1.82) is 0 Å². The summed E-state index contributed by atoms with van der Waals surface area (Å²) >= 11 is 0. The number of amides is 2. The van der Waals surface area contributed by atoms with Crippen molar-refractivity contribution in [3.63, 3.8) is 0 Å². The van der Waals surface area contributed by atoms with Crippen molar-refractivity contribution in [2.24, 2.45) is 0 Å². The lowest BCUT2D eigenvalue weighted by atomic mass is 9.74. The first kappa shape index (κ1) is 13.4. The predicted octanol–water partition coefficient (Wildman–Crippen LogP) is 0.580. The van der Waals surface area contributed by atoms with Crippen LogP contribution in [-0.4, -0.2) is 38.7 Å². The molecule has 2 amide bonds. The molecule has 0 atom stereocenters. The molecular weight excluding hydrogens is 248 g/mol. The zero-order valence-electron chi connectivity index (χ0n) is 10.6. The molecule has 1 heterocycles. The highest BCUT2D eigenvalue weighted by atomic mass is 16.4. The zero-order chi connectivity index (χ0) is 13.7. The van der Waals surface area contributed by atoms with Gasteiger partial charge in [-0.1, -0.05) is 0 Å². The first-order valence-corrected chi connectivity index (χ1v) is 6.33. The fourth-order valence-electron chi connectivity index (χ4n) is 2.24. The minimum absolute atomic E-state index is 0.0120. The van der Waals surface area contributed by atoms with Crippen molar-refractivity contribution < 1.29 is 14.7 Å². The fourth-order valence-corrected chi connectivity index (χ4v) is 2.24. The highest BCUT2D eigenvalue weighted by molar-refractivity contribution is 5.77. The first-order chi connectivity index (χ1) is 9.10. The number of imidazole rings is 1. The Morgan fingerprint density at radius 2 is 2.21 bits per heavy atom. The van der Waals surface area contributed by atoms with Gasteiger partial charge in [0.05, 0.1) is 18.3 Å². The number of urea groups is 1. The summed E-state index contributed by atoms with van der Waals surface area (Å²) < 4.78 is 1.86. The number of nitrogens with one attached hydrogen (secondary N) is 2. The quantitative estimate of drug-likeness (QED) is 0.701. The number of carbonyl (C=O) groups excluding carboxylic acids is 1. The maximum Gasteiger partial charge on any atom is 0.315 e. The van der Waals surface area contributed by atoms with Crippen molar-refractivity contribution in [2.75, 3.05) is 6.54 Å². The summed E-state index contributed by atoms with van der Waals surface area (Å²) in [6.07, 6.45) is 7.58. The van der Waals surface area contributed by atoms with Gasteiger partial charge >= 0.3 is 12.0 Å². The van der Waals surface area contributed by atoms with Crippen LogP contribution < -0.4 is 10.6 Å². The van der Waals surface area contributed by atoms with Crippen LogP contribution in [0.3, 0.4) is 0 Å². The molecule has 1 fully saturated rings. The van der Waals surface area contributed by atoms with E-state index >= 15 is 0 Å². The van der Waals surface area contributed by atoms with Crippen LogP contribution in [-0.2, 0) is 11.3 Å². The number of hydrogen-bond acceptors (Lipinski definition) is 3. The van der Waals surface area contributed by atoms with Crippen molar-refractivity contribution in [2.45, 2.75) is 37.8 Å². The number of carbonyl (C=O) groups is 2. The van der Waals surface area contributed by atoms with Crippen LogP contribution in [0.2, 0.25) is 0 Å². The Labute approximate surface area is 111 Å². The van der Waals surface area contributed by atoms with E-state index in [2.05, 4.69) is 15.6 Å². The summed E-state index contributed by atoms with van der Waals surface area (Å²) in [7, 11) is 0. The Bertz CT molecular complexity index is 440. The van der Waals surface area contributed by atoms with E-state index in [0.717, 1.165) is 19.3 Å². The second-order valence-electron chi connectivity index (χ2n) is 4.89. The van der Waals surface area contributed by atoms with Gasteiger partial charge in [-0.2, -0.15) is 0 Å². The Balaban J connectivity index is 1.72. The second-order valence-corrected chi connectivity index (χ2v) is 4.89. The number of hydrogen-bond donors (Lipinski definition) is 3. The van der Waals surface area contributed by atoms with Crippen LogP contribution in [0.25, 0.3) is 0 Å². The zero-order valence-corrected chi connectivity index (χ0v) is 10.6. The predicted molar refractivity (Wildman–Crippen MR) is 67.6 cm³/mol. The van der Waals surface area contributed by atoms with E-state index in [9.17, 15) is 9.59 Å².